The molecule has 0 spiro atoms. The van der Waals surface area contributed by atoms with Crippen LogP contribution in [0.5, 0.6) is 11.5 Å². The van der Waals surface area contributed by atoms with Gasteiger partial charge in [0.2, 0.25) is 12.7 Å². The fraction of sp³-hybridized carbons (Fsp3) is 0.300. The first-order valence-electron chi connectivity index (χ1n) is 13.3. The van der Waals surface area contributed by atoms with Crippen molar-refractivity contribution >= 4 is 39.9 Å². The summed E-state index contributed by atoms with van der Waals surface area (Å²) in [6, 6.07) is 19.2. The number of aromatic nitrogens is 2. The Labute approximate surface area is 236 Å². The lowest BCUT2D eigenvalue weighted by Crippen LogP contribution is -2.36. The van der Waals surface area contributed by atoms with Crippen molar-refractivity contribution in [3.05, 3.63) is 82.1 Å². The van der Waals surface area contributed by atoms with Crippen LogP contribution >= 0.6 is 11.8 Å². The Kier molecular flexibility index (Phi) is 7.61. The van der Waals surface area contributed by atoms with Gasteiger partial charge in [0.15, 0.2) is 16.7 Å². The van der Waals surface area contributed by atoms with Crippen LogP contribution < -0.4 is 25.2 Å². The molecule has 3 aromatic carbocycles. The number of morpholine rings is 1. The van der Waals surface area contributed by atoms with Crippen LogP contribution in [0.2, 0.25) is 0 Å². The highest BCUT2D eigenvalue weighted by molar-refractivity contribution is 7.99. The Hall–Kier alpha value is -4.02. The van der Waals surface area contributed by atoms with Crippen LogP contribution in [0.4, 0.5) is 11.4 Å². The summed E-state index contributed by atoms with van der Waals surface area (Å²) in [7, 11) is 0. The Morgan fingerprint density at radius 1 is 0.975 bits per heavy atom. The number of ether oxygens (including phenoxy) is 3. The molecule has 0 aliphatic carbocycles. The molecule has 0 unspecified atom stereocenters. The fourth-order valence-electron chi connectivity index (χ4n) is 4.83. The zero-order chi connectivity index (χ0) is 27.5. The van der Waals surface area contributed by atoms with Crippen LogP contribution in [0.1, 0.15) is 18.1 Å². The van der Waals surface area contributed by atoms with Gasteiger partial charge in [0.25, 0.3) is 5.56 Å². The van der Waals surface area contributed by atoms with Gasteiger partial charge in [-0.3, -0.25) is 14.2 Å². The molecule has 40 heavy (non-hydrogen) atoms. The van der Waals surface area contributed by atoms with Gasteiger partial charge in [-0.1, -0.05) is 36.9 Å². The number of anilines is 2. The molecule has 0 saturated carbocycles. The highest BCUT2D eigenvalue weighted by atomic mass is 32.2. The smallest absolute Gasteiger partial charge is 0.262 e. The summed E-state index contributed by atoms with van der Waals surface area (Å²) in [5.41, 5.74) is 4.23. The minimum atomic E-state index is -0.166. The molecular formula is C30H30N4O5S. The summed E-state index contributed by atoms with van der Waals surface area (Å²) in [4.78, 5) is 33.8. The number of aryl methyl sites for hydroxylation is 1. The van der Waals surface area contributed by atoms with Gasteiger partial charge in [0.05, 0.1) is 36.4 Å². The number of hydrogen-bond donors (Lipinski definition) is 1. The number of carbonyl (C=O) groups excluding carboxylic acids is 1. The van der Waals surface area contributed by atoms with Crippen molar-refractivity contribution in [1.29, 1.82) is 0 Å². The summed E-state index contributed by atoms with van der Waals surface area (Å²) in [5.74, 6) is 1.28. The molecule has 9 nitrogen and oxygen atoms in total. The zero-order valence-corrected chi connectivity index (χ0v) is 23.0. The number of fused-ring (bicyclic) bond motifs is 2. The second-order valence-electron chi connectivity index (χ2n) is 9.66. The Balaban J connectivity index is 1.30. The summed E-state index contributed by atoms with van der Waals surface area (Å²) in [6.45, 7) is 5.41. The number of nitrogens with zero attached hydrogens (tertiary/aromatic N) is 3. The van der Waals surface area contributed by atoms with E-state index >= 15 is 0 Å². The zero-order valence-electron chi connectivity index (χ0n) is 22.2. The molecule has 2 aliphatic heterocycles. The molecule has 0 bridgehead atoms. The first kappa shape index (κ1) is 26.2. The van der Waals surface area contributed by atoms with Crippen LogP contribution in [-0.4, -0.2) is 54.3 Å². The maximum absolute atomic E-state index is 13.9. The summed E-state index contributed by atoms with van der Waals surface area (Å²) in [5, 5.41) is 3.95. The molecule has 10 heteroatoms. The number of benzene rings is 3. The predicted octanol–water partition coefficient (Wildman–Crippen LogP) is 4.30. The average molecular weight is 559 g/mol. The van der Waals surface area contributed by atoms with Crippen LogP contribution in [0.25, 0.3) is 10.9 Å². The predicted molar refractivity (Wildman–Crippen MR) is 156 cm³/mol. The second-order valence-corrected chi connectivity index (χ2v) is 10.6. The van der Waals surface area contributed by atoms with Crippen molar-refractivity contribution in [3.63, 3.8) is 0 Å². The first-order chi connectivity index (χ1) is 19.6. The van der Waals surface area contributed by atoms with Crippen LogP contribution in [0.15, 0.2) is 70.6 Å². The maximum Gasteiger partial charge on any atom is 0.262 e. The third-order valence-corrected chi connectivity index (χ3v) is 8.01. The van der Waals surface area contributed by atoms with E-state index in [-0.39, 0.29) is 30.6 Å². The van der Waals surface area contributed by atoms with Crippen molar-refractivity contribution in [1.82, 2.24) is 9.55 Å². The summed E-state index contributed by atoms with van der Waals surface area (Å²) in [6.07, 6.45) is 0.937. The van der Waals surface area contributed by atoms with Crippen molar-refractivity contribution in [2.45, 2.75) is 25.0 Å². The Morgan fingerprint density at radius 3 is 2.55 bits per heavy atom. The number of hydrogen-bond acceptors (Lipinski definition) is 8. The van der Waals surface area contributed by atoms with Gasteiger partial charge in [-0.2, -0.15) is 0 Å². The third kappa shape index (κ3) is 5.64. The minimum absolute atomic E-state index is 0.112. The largest absolute Gasteiger partial charge is 0.454 e. The molecule has 2 aliphatic rings. The van der Waals surface area contributed by atoms with Gasteiger partial charge in [0.1, 0.15) is 0 Å². The van der Waals surface area contributed by atoms with E-state index in [0.717, 1.165) is 36.4 Å². The highest BCUT2D eigenvalue weighted by Gasteiger charge is 2.19. The van der Waals surface area contributed by atoms with Crippen molar-refractivity contribution in [3.8, 4) is 11.5 Å². The van der Waals surface area contributed by atoms with E-state index in [9.17, 15) is 9.59 Å². The fourth-order valence-corrected chi connectivity index (χ4v) is 5.63. The standard InChI is InChI=1S/C30H30N4O5S/c1-2-20-3-6-22(7-4-20)31-28(35)18-40-30-32-25-9-8-23(33-11-13-37-14-12-33)16-24(25)29(36)34(30)17-21-5-10-26-27(15-21)39-19-38-26/h3-10,15-16H,2,11-14,17-19H2,1H3,(H,31,35). The van der Waals surface area contributed by atoms with E-state index in [1.807, 2.05) is 60.7 Å². The SMILES string of the molecule is CCc1ccc(NC(=O)CSc2nc3ccc(N4CCOCC4)cc3c(=O)n2Cc2ccc3c(c2)OCO3)cc1. The monoisotopic (exact) mass is 558 g/mol. The lowest BCUT2D eigenvalue weighted by atomic mass is 10.1. The molecule has 4 aromatic rings. The number of thioether (sulfide) groups is 1. The average Bonchev–Trinajstić information content (AvgIpc) is 3.46. The molecular weight excluding hydrogens is 528 g/mol. The topological polar surface area (TPSA) is 94.9 Å². The Bertz CT molecular complexity index is 1600. The van der Waals surface area contributed by atoms with Crippen LogP contribution in [-0.2, 0) is 22.5 Å². The molecule has 3 heterocycles. The van der Waals surface area contributed by atoms with Gasteiger partial charge in [-0.05, 0) is 60.0 Å². The molecule has 0 atom stereocenters. The molecule has 206 valence electrons. The number of nitrogens with one attached hydrogen (secondary N) is 1. The molecule has 1 amide bonds. The van der Waals surface area contributed by atoms with Gasteiger partial charge in [-0.15, -0.1) is 0 Å². The summed E-state index contributed by atoms with van der Waals surface area (Å²) < 4.78 is 18.1. The van der Waals surface area contributed by atoms with Crippen molar-refractivity contribution in [2.75, 3.05) is 49.1 Å². The number of amides is 1. The van der Waals surface area contributed by atoms with Crippen molar-refractivity contribution in [2.24, 2.45) is 0 Å². The molecule has 1 fully saturated rings. The third-order valence-electron chi connectivity index (χ3n) is 7.03. The van der Waals surface area contributed by atoms with Crippen LogP contribution in [0.3, 0.4) is 0 Å². The van der Waals surface area contributed by atoms with Crippen molar-refractivity contribution < 1.29 is 19.0 Å². The van der Waals surface area contributed by atoms with E-state index in [2.05, 4.69) is 17.1 Å². The van der Waals surface area contributed by atoms with E-state index < -0.39 is 0 Å². The van der Waals surface area contributed by atoms with Gasteiger partial charge in [-0.25, -0.2) is 4.98 Å². The minimum Gasteiger partial charge on any atom is -0.454 e. The number of carbonyl (C=O) groups is 1. The van der Waals surface area contributed by atoms with Gasteiger partial charge >= 0.3 is 0 Å². The summed E-state index contributed by atoms with van der Waals surface area (Å²) >= 11 is 1.24. The lowest BCUT2D eigenvalue weighted by Gasteiger charge is -2.29. The van der Waals surface area contributed by atoms with E-state index in [4.69, 9.17) is 19.2 Å². The van der Waals surface area contributed by atoms with Gasteiger partial charge < -0.3 is 24.4 Å². The normalized spacial score (nSPS) is 14.5. The van der Waals surface area contributed by atoms with E-state index in [0.29, 0.717) is 40.8 Å². The van der Waals surface area contributed by atoms with E-state index in [1.54, 1.807) is 4.57 Å². The molecule has 0 radical (unpaired) electrons. The quantitative estimate of drug-likeness (QED) is 0.253. The molecule has 1 aromatic heterocycles. The second kappa shape index (κ2) is 11.6. The van der Waals surface area contributed by atoms with Crippen LogP contribution in [0, 0.1) is 0 Å². The lowest BCUT2D eigenvalue weighted by molar-refractivity contribution is -0.113. The molecule has 1 saturated heterocycles. The molecule has 1 N–H and O–H groups in total. The first-order valence-corrected chi connectivity index (χ1v) is 14.3. The van der Waals surface area contributed by atoms with Gasteiger partial charge in [0, 0.05) is 24.5 Å². The highest BCUT2D eigenvalue weighted by Crippen LogP contribution is 2.33. The Morgan fingerprint density at radius 2 is 1.75 bits per heavy atom. The number of rotatable bonds is 8. The maximum atomic E-state index is 13.9. The van der Waals surface area contributed by atoms with E-state index in [1.165, 1.54) is 17.3 Å². The molecule has 6 rings (SSSR count).